The van der Waals surface area contributed by atoms with Gasteiger partial charge in [-0.1, -0.05) is 6.07 Å². The summed E-state index contributed by atoms with van der Waals surface area (Å²) < 4.78 is 11.1. The van der Waals surface area contributed by atoms with Crippen LogP contribution >= 0.6 is 0 Å². The molecule has 6 nitrogen and oxygen atoms in total. The average molecular weight is 337 g/mol. The zero-order valence-corrected chi connectivity index (χ0v) is 14.0. The van der Waals surface area contributed by atoms with Gasteiger partial charge in [-0.2, -0.15) is 5.26 Å². The van der Waals surface area contributed by atoms with Crippen LogP contribution in [0.15, 0.2) is 42.6 Å². The number of likely N-dealkylation sites (tertiary alicyclic amines) is 1. The van der Waals surface area contributed by atoms with Crippen molar-refractivity contribution >= 4 is 5.91 Å². The molecule has 6 heteroatoms. The van der Waals surface area contributed by atoms with Crippen molar-refractivity contribution in [2.24, 2.45) is 0 Å². The van der Waals surface area contributed by atoms with E-state index in [1.807, 2.05) is 6.07 Å². The molecule has 1 amide bonds. The summed E-state index contributed by atoms with van der Waals surface area (Å²) in [6, 6.07) is 12.5. The van der Waals surface area contributed by atoms with Crippen LogP contribution in [0.5, 0.6) is 11.6 Å². The number of pyridine rings is 1. The summed E-state index contributed by atoms with van der Waals surface area (Å²) in [7, 11) is 1.58. The Bertz CT molecular complexity index is 800. The van der Waals surface area contributed by atoms with Crippen LogP contribution in [-0.2, 0) is 0 Å². The Labute approximate surface area is 146 Å². The zero-order chi connectivity index (χ0) is 17.6. The Kier molecular flexibility index (Phi) is 5.14. The second-order valence-corrected chi connectivity index (χ2v) is 5.86. The third-order valence-corrected chi connectivity index (χ3v) is 4.13. The van der Waals surface area contributed by atoms with Crippen LogP contribution in [0.2, 0.25) is 0 Å². The standard InChI is InChI=1S/C19H19N3O3/c1-24-16-5-2-4-15(11-16)19(23)22-9-3-6-17(13-22)25-18-10-14(12-20)7-8-21-18/h2,4-5,7-8,10-11,17H,3,6,9,13H2,1H3/t17-/m0/s1. The van der Waals surface area contributed by atoms with Crippen molar-refractivity contribution in [1.29, 1.82) is 5.26 Å². The van der Waals surface area contributed by atoms with E-state index in [2.05, 4.69) is 11.1 Å². The van der Waals surface area contributed by atoms with E-state index in [0.717, 1.165) is 12.8 Å². The van der Waals surface area contributed by atoms with E-state index in [1.165, 1.54) is 0 Å². The molecule has 0 unspecified atom stereocenters. The van der Waals surface area contributed by atoms with E-state index in [1.54, 1.807) is 48.5 Å². The van der Waals surface area contributed by atoms with E-state index < -0.39 is 0 Å². The number of hydrogen-bond acceptors (Lipinski definition) is 5. The molecule has 1 fully saturated rings. The molecule has 25 heavy (non-hydrogen) atoms. The first-order valence-electron chi connectivity index (χ1n) is 8.16. The molecular formula is C19H19N3O3. The third kappa shape index (κ3) is 4.07. The fourth-order valence-electron chi connectivity index (χ4n) is 2.87. The second-order valence-electron chi connectivity index (χ2n) is 5.86. The van der Waals surface area contributed by atoms with Gasteiger partial charge in [0.15, 0.2) is 0 Å². The number of carbonyl (C=O) groups is 1. The maximum atomic E-state index is 12.7. The number of ether oxygens (including phenoxy) is 2. The Hall–Kier alpha value is -3.07. The quantitative estimate of drug-likeness (QED) is 0.857. The van der Waals surface area contributed by atoms with E-state index in [-0.39, 0.29) is 12.0 Å². The average Bonchev–Trinajstić information content (AvgIpc) is 2.68. The summed E-state index contributed by atoms with van der Waals surface area (Å²) in [5.41, 5.74) is 1.11. The number of carbonyl (C=O) groups excluding carboxylic acids is 1. The molecule has 1 aliphatic rings. The third-order valence-electron chi connectivity index (χ3n) is 4.13. The fourth-order valence-corrected chi connectivity index (χ4v) is 2.87. The van der Waals surface area contributed by atoms with Gasteiger partial charge < -0.3 is 14.4 Å². The number of nitriles is 1. The predicted octanol–water partition coefficient (Wildman–Crippen LogP) is 2.65. The number of aromatic nitrogens is 1. The summed E-state index contributed by atoms with van der Waals surface area (Å²) >= 11 is 0. The van der Waals surface area contributed by atoms with E-state index >= 15 is 0 Å². The lowest BCUT2D eigenvalue weighted by Gasteiger charge is -2.32. The molecule has 3 rings (SSSR count). The molecule has 1 atom stereocenters. The van der Waals surface area contributed by atoms with E-state index in [0.29, 0.717) is 35.8 Å². The summed E-state index contributed by atoms with van der Waals surface area (Å²) in [4.78, 5) is 18.7. The minimum atomic E-state index is -0.134. The van der Waals surface area contributed by atoms with Crippen molar-refractivity contribution in [3.8, 4) is 17.7 Å². The van der Waals surface area contributed by atoms with Gasteiger partial charge in [-0.05, 0) is 37.1 Å². The first-order valence-corrected chi connectivity index (χ1v) is 8.16. The summed E-state index contributed by atoms with van der Waals surface area (Å²) in [5.74, 6) is 1.04. The first kappa shape index (κ1) is 16.8. The predicted molar refractivity (Wildman–Crippen MR) is 91.5 cm³/mol. The number of methoxy groups -OCH3 is 1. The highest BCUT2D eigenvalue weighted by molar-refractivity contribution is 5.94. The lowest BCUT2D eigenvalue weighted by atomic mass is 10.1. The molecule has 2 heterocycles. The van der Waals surface area contributed by atoms with Gasteiger partial charge in [0.1, 0.15) is 11.9 Å². The van der Waals surface area contributed by atoms with Crippen molar-refractivity contribution in [1.82, 2.24) is 9.88 Å². The number of hydrogen-bond donors (Lipinski definition) is 0. The number of amides is 1. The molecule has 1 aliphatic heterocycles. The monoisotopic (exact) mass is 337 g/mol. The molecule has 1 aromatic carbocycles. The molecule has 0 bridgehead atoms. The van der Waals surface area contributed by atoms with Gasteiger partial charge in [0.2, 0.25) is 5.88 Å². The summed E-state index contributed by atoms with van der Waals surface area (Å²) in [6.45, 7) is 1.19. The lowest BCUT2D eigenvalue weighted by molar-refractivity contribution is 0.0527. The normalized spacial score (nSPS) is 16.8. The number of rotatable bonds is 4. The molecule has 0 N–H and O–H groups in total. The molecule has 128 valence electrons. The minimum Gasteiger partial charge on any atom is -0.497 e. The largest absolute Gasteiger partial charge is 0.497 e. The van der Waals surface area contributed by atoms with Crippen molar-refractivity contribution in [2.45, 2.75) is 18.9 Å². The first-order chi connectivity index (χ1) is 12.2. The Morgan fingerprint density at radius 2 is 2.24 bits per heavy atom. The Morgan fingerprint density at radius 3 is 3.04 bits per heavy atom. The number of nitrogens with zero attached hydrogens (tertiary/aromatic N) is 3. The molecule has 0 saturated carbocycles. The molecule has 1 aromatic heterocycles. The fraction of sp³-hybridized carbons (Fsp3) is 0.316. The van der Waals surface area contributed by atoms with Crippen LogP contribution in [0.25, 0.3) is 0 Å². The smallest absolute Gasteiger partial charge is 0.254 e. The molecular weight excluding hydrogens is 318 g/mol. The van der Waals surface area contributed by atoms with Crippen LogP contribution in [0.3, 0.4) is 0 Å². The van der Waals surface area contributed by atoms with Gasteiger partial charge in [0.25, 0.3) is 5.91 Å². The van der Waals surface area contributed by atoms with Gasteiger partial charge >= 0.3 is 0 Å². The highest BCUT2D eigenvalue weighted by Crippen LogP contribution is 2.20. The molecule has 1 saturated heterocycles. The maximum absolute atomic E-state index is 12.7. The number of benzene rings is 1. The van der Waals surface area contributed by atoms with Crippen LogP contribution in [0.4, 0.5) is 0 Å². The zero-order valence-electron chi connectivity index (χ0n) is 14.0. The second kappa shape index (κ2) is 7.67. The van der Waals surface area contributed by atoms with Gasteiger partial charge in [-0.15, -0.1) is 0 Å². The summed E-state index contributed by atoms with van der Waals surface area (Å²) in [6.07, 6.45) is 3.12. The van der Waals surface area contributed by atoms with Gasteiger partial charge in [-0.3, -0.25) is 4.79 Å². The van der Waals surface area contributed by atoms with Crippen molar-refractivity contribution in [2.75, 3.05) is 20.2 Å². The van der Waals surface area contributed by atoms with E-state index in [4.69, 9.17) is 14.7 Å². The van der Waals surface area contributed by atoms with Gasteiger partial charge in [0, 0.05) is 24.4 Å². The minimum absolute atomic E-state index is 0.0362. The van der Waals surface area contributed by atoms with Crippen LogP contribution in [-0.4, -0.2) is 42.1 Å². The Balaban J connectivity index is 1.68. The molecule has 2 aromatic rings. The molecule has 0 aliphatic carbocycles. The number of piperidine rings is 1. The van der Waals surface area contributed by atoms with Gasteiger partial charge in [-0.25, -0.2) is 4.98 Å². The summed E-state index contributed by atoms with van der Waals surface area (Å²) in [5, 5.41) is 8.96. The SMILES string of the molecule is COc1cccc(C(=O)N2CCC[C@H](Oc3cc(C#N)ccn3)C2)c1. The molecule has 0 radical (unpaired) electrons. The van der Waals surface area contributed by atoms with Gasteiger partial charge in [0.05, 0.1) is 25.3 Å². The Morgan fingerprint density at radius 1 is 1.36 bits per heavy atom. The van der Waals surface area contributed by atoms with E-state index in [9.17, 15) is 4.79 Å². The molecule has 0 spiro atoms. The highest BCUT2D eigenvalue weighted by atomic mass is 16.5. The van der Waals surface area contributed by atoms with Crippen molar-refractivity contribution in [3.63, 3.8) is 0 Å². The lowest BCUT2D eigenvalue weighted by Crippen LogP contribution is -2.44. The van der Waals surface area contributed by atoms with Crippen LogP contribution < -0.4 is 9.47 Å². The topological polar surface area (TPSA) is 75.4 Å². The van der Waals surface area contributed by atoms with Crippen molar-refractivity contribution < 1.29 is 14.3 Å². The highest BCUT2D eigenvalue weighted by Gasteiger charge is 2.26. The maximum Gasteiger partial charge on any atom is 0.254 e. The van der Waals surface area contributed by atoms with Crippen LogP contribution in [0, 0.1) is 11.3 Å². The van der Waals surface area contributed by atoms with Crippen LogP contribution in [0.1, 0.15) is 28.8 Å². The van der Waals surface area contributed by atoms with Crippen molar-refractivity contribution in [3.05, 3.63) is 53.7 Å².